The fourth-order valence-corrected chi connectivity index (χ4v) is 5.49. The van der Waals surface area contributed by atoms with E-state index in [1.54, 1.807) is 12.1 Å². The van der Waals surface area contributed by atoms with Gasteiger partial charge in [0.15, 0.2) is 0 Å². The quantitative estimate of drug-likeness (QED) is 0.634. The first-order chi connectivity index (χ1) is 14.8. The maximum atomic E-state index is 14.0. The zero-order valence-corrected chi connectivity index (χ0v) is 17.6. The molecule has 2 atom stereocenters. The molecule has 3 aliphatic heterocycles. The maximum Gasteiger partial charge on any atom is 0.416 e. The van der Waals surface area contributed by atoms with Gasteiger partial charge in [0.2, 0.25) is 0 Å². The Kier molecular flexibility index (Phi) is 5.12. The standard InChI is InChI=1S/C24H27F4N3/c1-15-5-6-18-12-20(25)13-21-23(18)31(15)22(29-21)14-30-9-7-16(8-10-30)17-3-2-4-19(11-17)24(26,27)28/h2-4,11-13,15-16,22,29H,5-10,14H2,1H3. The van der Waals surface area contributed by atoms with Crippen molar-refractivity contribution in [3.8, 4) is 0 Å². The zero-order valence-electron chi connectivity index (χ0n) is 17.6. The summed E-state index contributed by atoms with van der Waals surface area (Å²) in [6.45, 7) is 4.73. The summed E-state index contributed by atoms with van der Waals surface area (Å²) in [6.07, 6.45) is -0.618. The number of anilines is 2. The van der Waals surface area contributed by atoms with Crippen LogP contribution in [-0.4, -0.2) is 36.7 Å². The molecule has 3 aliphatic rings. The number of nitrogens with one attached hydrogen (secondary N) is 1. The van der Waals surface area contributed by atoms with Gasteiger partial charge >= 0.3 is 6.18 Å². The van der Waals surface area contributed by atoms with Crippen LogP contribution in [0.3, 0.4) is 0 Å². The van der Waals surface area contributed by atoms with Gasteiger partial charge in [0.05, 0.1) is 16.9 Å². The van der Waals surface area contributed by atoms with Crippen LogP contribution in [0.1, 0.15) is 48.8 Å². The smallest absolute Gasteiger partial charge is 0.362 e. The lowest BCUT2D eigenvalue weighted by Crippen LogP contribution is -2.51. The van der Waals surface area contributed by atoms with Crippen LogP contribution < -0.4 is 10.2 Å². The summed E-state index contributed by atoms with van der Waals surface area (Å²) in [5, 5.41) is 3.52. The van der Waals surface area contributed by atoms with Crippen LogP contribution in [0, 0.1) is 5.82 Å². The molecule has 5 rings (SSSR count). The lowest BCUT2D eigenvalue weighted by Gasteiger charge is -2.40. The van der Waals surface area contributed by atoms with Crippen molar-refractivity contribution in [2.24, 2.45) is 0 Å². The summed E-state index contributed by atoms with van der Waals surface area (Å²) in [4.78, 5) is 4.78. The molecule has 0 spiro atoms. The maximum absolute atomic E-state index is 14.0. The molecule has 0 aliphatic carbocycles. The molecule has 2 aromatic carbocycles. The fourth-order valence-electron chi connectivity index (χ4n) is 5.49. The predicted molar refractivity (Wildman–Crippen MR) is 114 cm³/mol. The van der Waals surface area contributed by atoms with E-state index < -0.39 is 11.7 Å². The molecule has 166 valence electrons. The highest BCUT2D eigenvalue weighted by Gasteiger charge is 2.38. The van der Waals surface area contributed by atoms with Crippen molar-refractivity contribution in [1.29, 1.82) is 0 Å². The Morgan fingerprint density at radius 1 is 1.06 bits per heavy atom. The van der Waals surface area contributed by atoms with E-state index in [2.05, 4.69) is 22.0 Å². The van der Waals surface area contributed by atoms with Crippen molar-refractivity contribution in [2.45, 2.75) is 56.9 Å². The zero-order chi connectivity index (χ0) is 21.8. The van der Waals surface area contributed by atoms with E-state index in [9.17, 15) is 17.6 Å². The molecule has 2 unspecified atom stereocenters. The van der Waals surface area contributed by atoms with E-state index in [-0.39, 0.29) is 17.9 Å². The third-order valence-corrected chi connectivity index (χ3v) is 7.08. The minimum absolute atomic E-state index is 0.0935. The van der Waals surface area contributed by atoms with Crippen molar-refractivity contribution >= 4 is 11.4 Å². The lowest BCUT2D eigenvalue weighted by molar-refractivity contribution is -0.137. The number of aryl methyl sites for hydroxylation is 1. The molecule has 7 heteroatoms. The first kappa shape index (κ1) is 20.6. The second-order valence-corrected chi connectivity index (χ2v) is 9.11. The highest BCUT2D eigenvalue weighted by atomic mass is 19.4. The van der Waals surface area contributed by atoms with E-state index in [1.807, 2.05) is 6.07 Å². The Morgan fingerprint density at radius 3 is 2.58 bits per heavy atom. The molecular formula is C24H27F4N3. The second kappa shape index (κ2) is 7.69. The van der Waals surface area contributed by atoms with Crippen LogP contribution >= 0.6 is 0 Å². The fraction of sp³-hybridized carbons (Fsp3) is 0.500. The summed E-state index contributed by atoms with van der Waals surface area (Å²) in [6, 6.07) is 9.40. The molecule has 1 N–H and O–H groups in total. The Morgan fingerprint density at radius 2 is 1.84 bits per heavy atom. The summed E-state index contributed by atoms with van der Waals surface area (Å²) < 4.78 is 53.2. The summed E-state index contributed by atoms with van der Waals surface area (Å²) >= 11 is 0. The molecule has 31 heavy (non-hydrogen) atoms. The number of rotatable bonds is 3. The Labute approximate surface area is 180 Å². The number of piperidine rings is 1. The molecule has 1 fully saturated rings. The molecule has 1 saturated heterocycles. The average Bonchev–Trinajstić information content (AvgIpc) is 3.09. The van der Waals surface area contributed by atoms with Gasteiger partial charge in [-0.1, -0.05) is 18.2 Å². The van der Waals surface area contributed by atoms with Crippen molar-refractivity contribution in [3.63, 3.8) is 0 Å². The molecule has 0 bridgehead atoms. The number of likely N-dealkylation sites (tertiary alicyclic amines) is 1. The van der Waals surface area contributed by atoms with Gasteiger partial charge in [-0.3, -0.25) is 4.90 Å². The minimum atomic E-state index is -4.30. The van der Waals surface area contributed by atoms with Crippen molar-refractivity contribution in [2.75, 3.05) is 29.9 Å². The molecule has 3 nitrogen and oxygen atoms in total. The number of nitrogens with zero attached hydrogens (tertiary/aromatic N) is 2. The van der Waals surface area contributed by atoms with E-state index >= 15 is 0 Å². The third kappa shape index (κ3) is 3.88. The van der Waals surface area contributed by atoms with Gasteiger partial charge in [0.1, 0.15) is 12.0 Å². The molecule has 0 amide bonds. The van der Waals surface area contributed by atoms with Crippen molar-refractivity contribution < 1.29 is 17.6 Å². The van der Waals surface area contributed by atoms with Crippen molar-refractivity contribution in [3.05, 3.63) is 58.9 Å². The topological polar surface area (TPSA) is 18.5 Å². The van der Waals surface area contributed by atoms with Crippen LogP contribution in [-0.2, 0) is 12.6 Å². The number of hydrogen-bond donors (Lipinski definition) is 1. The Balaban J connectivity index is 1.25. The number of alkyl halides is 3. The van der Waals surface area contributed by atoms with Gasteiger partial charge < -0.3 is 10.2 Å². The van der Waals surface area contributed by atoms with Crippen LogP contribution in [0.15, 0.2) is 36.4 Å². The molecule has 0 aromatic heterocycles. The van der Waals surface area contributed by atoms with Gasteiger partial charge in [0, 0.05) is 12.6 Å². The molecule has 0 saturated carbocycles. The Bertz CT molecular complexity index is 966. The second-order valence-electron chi connectivity index (χ2n) is 9.11. The monoisotopic (exact) mass is 433 g/mol. The Hall–Kier alpha value is -2.28. The molecule has 2 aromatic rings. The van der Waals surface area contributed by atoms with Gasteiger partial charge in [-0.05, 0) is 80.9 Å². The van der Waals surface area contributed by atoms with Crippen LogP contribution in [0.4, 0.5) is 28.9 Å². The largest absolute Gasteiger partial charge is 0.416 e. The van der Waals surface area contributed by atoms with E-state index in [0.29, 0.717) is 6.04 Å². The van der Waals surface area contributed by atoms with E-state index in [4.69, 9.17) is 0 Å². The molecular weight excluding hydrogens is 406 g/mol. The van der Waals surface area contributed by atoms with Gasteiger partial charge in [0.25, 0.3) is 0 Å². The van der Waals surface area contributed by atoms with E-state index in [0.717, 1.165) is 73.9 Å². The summed E-state index contributed by atoms with van der Waals surface area (Å²) in [5.41, 5.74) is 3.31. The SMILES string of the molecule is CC1CCc2cc(F)cc3c2N1C(CN1CCC(c2cccc(C(F)(F)F)c2)CC1)N3. The molecule has 0 radical (unpaired) electrons. The predicted octanol–water partition coefficient (Wildman–Crippen LogP) is 5.62. The summed E-state index contributed by atoms with van der Waals surface area (Å²) in [5.74, 6) is -0.0415. The molecule has 3 heterocycles. The normalized spacial score (nSPS) is 24.2. The average molecular weight is 433 g/mol. The van der Waals surface area contributed by atoms with Gasteiger partial charge in [-0.25, -0.2) is 4.39 Å². The highest BCUT2D eigenvalue weighted by Crippen LogP contribution is 2.44. The minimum Gasteiger partial charge on any atom is -0.362 e. The number of halogens is 4. The van der Waals surface area contributed by atoms with Crippen LogP contribution in [0.5, 0.6) is 0 Å². The van der Waals surface area contributed by atoms with Crippen molar-refractivity contribution in [1.82, 2.24) is 4.90 Å². The third-order valence-electron chi connectivity index (χ3n) is 7.08. The van der Waals surface area contributed by atoms with Gasteiger partial charge in [-0.2, -0.15) is 13.2 Å². The number of benzene rings is 2. The highest BCUT2D eigenvalue weighted by molar-refractivity contribution is 5.80. The first-order valence-corrected chi connectivity index (χ1v) is 11.1. The lowest BCUT2D eigenvalue weighted by atomic mass is 9.88. The van der Waals surface area contributed by atoms with Crippen LogP contribution in [0.25, 0.3) is 0 Å². The number of hydrogen-bond acceptors (Lipinski definition) is 3. The van der Waals surface area contributed by atoms with Crippen LogP contribution in [0.2, 0.25) is 0 Å². The van der Waals surface area contributed by atoms with Gasteiger partial charge in [-0.15, -0.1) is 0 Å². The first-order valence-electron chi connectivity index (χ1n) is 11.1. The van der Waals surface area contributed by atoms with E-state index in [1.165, 1.54) is 12.1 Å². The summed E-state index contributed by atoms with van der Waals surface area (Å²) in [7, 11) is 0.